The van der Waals surface area contributed by atoms with Crippen molar-refractivity contribution in [2.45, 2.75) is 13.5 Å². The quantitative estimate of drug-likeness (QED) is 0.663. The van der Waals surface area contributed by atoms with E-state index in [4.69, 9.17) is 10.5 Å². The molecule has 0 aliphatic carbocycles. The number of benzene rings is 2. The highest BCUT2D eigenvalue weighted by Crippen LogP contribution is 2.32. The molecule has 2 N–H and O–H groups in total. The van der Waals surface area contributed by atoms with Gasteiger partial charge in [-0.15, -0.1) is 0 Å². The second-order valence-electron chi connectivity index (χ2n) is 4.38. The Kier molecular flexibility index (Phi) is 4.54. The molecule has 0 fully saturated rings. The van der Waals surface area contributed by atoms with Crippen molar-refractivity contribution >= 4 is 21.6 Å². The summed E-state index contributed by atoms with van der Waals surface area (Å²) in [7, 11) is 0. The summed E-state index contributed by atoms with van der Waals surface area (Å²) in [6.45, 7) is 1.75. The third kappa shape index (κ3) is 3.37. The highest BCUT2D eigenvalue weighted by Gasteiger charge is 2.17. The maximum atomic E-state index is 13.9. The van der Waals surface area contributed by atoms with Crippen LogP contribution in [0.5, 0.6) is 11.5 Å². The Labute approximate surface area is 128 Å². The molecular weight excluding hydrogens is 343 g/mol. The molecule has 5 nitrogen and oxygen atoms in total. The van der Waals surface area contributed by atoms with Gasteiger partial charge in [-0.2, -0.15) is 0 Å². The summed E-state index contributed by atoms with van der Waals surface area (Å²) in [6.07, 6.45) is 0. The molecule has 0 aromatic heterocycles. The molecular formula is C14H12BrFN2O3. The number of halogens is 2. The van der Waals surface area contributed by atoms with Gasteiger partial charge in [-0.1, -0.05) is 15.9 Å². The number of nitro benzene ring substituents is 1. The second-order valence-corrected chi connectivity index (χ2v) is 5.30. The minimum Gasteiger partial charge on any atom is -0.454 e. The van der Waals surface area contributed by atoms with Gasteiger partial charge in [0.2, 0.25) is 0 Å². The predicted molar refractivity (Wildman–Crippen MR) is 79.9 cm³/mol. The first-order chi connectivity index (χ1) is 9.92. The van der Waals surface area contributed by atoms with Crippen LogP contribution in [0.25, 0.3) is 0 Å². The lowest BCUT2D eigenvalue weighted by Crippen LogP contribution is -2.01. The van der Waals surface area contributed by atoms with Gasteiger partial charge in [0.15, 0.2) is 11.6 Å². The molecule has 2 rings (SSSR count). The Morgan fingerprint density at radius 1 is 1.33 bits per heavy atom. The number of rotatable bonds is 4. The smallest absolute Gasteiger partial charge is 0.275 e. The van der Waals surface area contributed by atoms with Crippen molar-refractivity contribution in [3.05, 3.63) is 61.9 Å². The molecule has 0 aliphatic heterocycles. The number of hydrogen-bond acceptors (Lipinski definition) is 4. The van der Waals surface area contributed by atoms with Crippen LogP contribution in [0.2, 0.25) is 0 Å². The van der Waals surface area contributed by atoms with Crippen LogP contribution in [0, 0.1) is 22.9 Å². The van der Waals surface area contributed by atoms with E-state index in [0.717, 1.165) is 10.5 Å². The van der Waals surface area contributed by atoms with E-state index < -0.39 is 10.7 Å². The number of ether oxygens (including phenoxy) is 1. The lowest BCUT2D eigenvalue weighted by molar-refractivity contribution is -0.385. The topological polar surface area (TPSA) is 78.4 Å². The van der Waals surface area contributed by atoms with Gasteiger partial charge in [0.1, 0.15) is 5.75 Å². The number of nitro groups is 1. The lowest BCUT2D eigenvalue weighted by atomic mass is 10.1. The minimum absolute atomic E-state index is 0.0740. The molecule has 0 saturated carbocycles. The molecule has 0 spiro atoms. The molecule has 0 saturated heterocycles. The van der Waals surface area contributed by atoms with E-state index in [1.54, 1.807) is 18.2 Å². The third-order valence-electron chi connectivity index (χ3n) is 2.91. The van der Waals surface area contributed by atoms with Crippen LogP contribution in [0.3, 0.4) is 0 Å². The molecule has 0 radical (unpaired) electrons. The first kappa shape index (κ1) is 15.4. The fourth-order valence-corrected chi connectivity index (χ4v) is 2.25. The summed E-state index contributed by atoms with van der Waals surface area (Å²) < 4.78 is 20.3. The van der Waals surface area contributed by atoms with Gasteiger partial charge in [0.05, 0.1) is 11.0 Å². The Bertz CT molecular complexity index is 707. The van der Waals surface area contributed by atoms with Crippen molar-refractivity contribution in [3.63, 3.8) is 0 Å². The van der Waals surface area contributed by atoms with E-state index in [2.05, 4.69) is 15.9 Å². The van der Waals surface area contributed by atoms with Crippen LogP contribution in [0.4, 0.5) is 10.1 Å². The SMILES string of the molecule is Cc1cc(Oc2ccc(Br)cc2CN)c(F)cc1[N+](=O)[O-]. The van der Waals surface area contributed by atoms with Gasteiger partial charge < -0.3 is 10.5 Å². The van der Waals surface area contributed by atoms with Crippen LogP contribution in [0.1, 0.15) is 11.1 Å². The van der Waals surface area contributed by atoms with Crippen LogP contribution >= 0.6 is 15.9 Å². The average molecular weight is 355 g/mol. The van der Waals surface area contributed by atoms with Crippen molar-refractivity contribution in [2.24, 2.45) is 5.73 Å². The van der Waals surface area contributed by atoms with E-state index in [-0.39, 0.29) is 18.0 Å². The van der Waals surface area contributed by atoms with Gasteiger partial charge in [0, 0.05) is 22.1 Å². The lowest BCUT2D eigenvalue weighted by Gasteiger charge is -2.12. The molecule has 0 aliphatic rings. The zero-order valence-electron chi connectivity index (χ0n) is 11.1. The van der Waals surface area contributed by atoms with Crippen molar-refractivity contribution in [1.29, 1.82) is 0 Å². The minimum atomic E-state index is -0.793. The Balaban J connectivity index is 2.41. The molecule has 0 amide bonds. The van der Waals surface area contributed by atoms with Crippen molar-refractivity contribution in [3.8, 4) is 11.5 Å². The van der Waals surface area contributed by atoms with Gasteiger partial charge in [-0.3, -0.25) is 10.1 Å². The standard InChI is InChI=1S/C14H12BrFN2O3/c1-8-4-14(11(16)6-12(8)18(19)20)21-13-3-2-10(15)5-9(13)7-17/h2-6H,7,17H2,1H3. The Morgan fingerprint density at radius 3 is 2.67 bits per heavy atom. The van der Waals surface area contributed by atoms with E-state index in [0.29, 0.717) is 16.9 Å². The summed E-state index contributed by atoms with van der Waals surface area (Å²) in [5, 5.41) is 10.8. The maximum Gasteiger partial charge on any atom is 0.275 e. The molecule has 21 heavy (non-hydrogen) atoms. The monoisotopic (exact) mass is 354 g/mol. The van der Waals surface area contributed by atoms with E-state index in [9.17, 15) is 14.5 Å². The third-order valence-corrected chi connectivity index (χ3v) is 3.40. The van der Waals surface area contributed by atoms with Gasteiger partial charge in [0.25, 0.3) is 5.69 Å². The molecule has 2 aromatic carbocycles. The predicted octanol–water partition coefficient (Wildman–Crippen LogP) is 4.06. The van der Waals surface area contributed by atoms with E-state index in [1.807, 2.05) is 0 Å². The number of aryl methyl sites for hydroxylation is 1. The van der Waals surface area contributed by atoms with Crippen molar-refractivity contribution < 1.29 is 14.1 Å². The summed E-state index contributed by atoms with van der Waals surface area (Å²) >= 11 is 3.31. The Hall–Kier alpha value is -1.99. The highest BCUT2D eigenvalue weighted by atomic mass is 79.9. The molecule has 0 unspecified atom stereocenters. The summed E-state index contributed by atoms with van der Waals surface area (Å²) in [5.74, 6) is -0.457. The molecule has 0 heterocycles. The molecule has 2 aromatic rings. The zero-order valence-corrected chi connectivity index (χ0v) is 12.7. The zero-order chi connectivity index (χ0) is 15.6. The largest absolute Gasteiger partial charge is 0.454 e. The number of hydrogen-bond donors (Lipinski definition) is 1. The summed E-state index contributed by atoms with van der Waals surface area (Å²) in [6, 6.07) is 7.32. The number of nitrogens with two attached hydrogens (primary N) is 1. The fraction of sp³-hybridized carbons (Fsp3) is 0.143. The first-order valence-electron chi connectivity index (χ1n) is 6.03. The van der Waals surface area contributed by atoms with E-state index in [1.165, 1.54) is 13.0 Å². The number of nitrogens with zero attached hydrogens (tertiary/aromatic N) is 1. The van der Waals surface area contributed by atoms with Gasteiger partial charge in [-0.25, -0.2) is 4.39 Å². The van der Waals surface area contributed by atoms with Crippen LogP contribution < -0.4 is 10.5 Å². The van der Waals surface area contributed by atoms with Crippen LogP contribution in [-0.2, 0) is 6.54 Å². The van der Waals surface area contributed by atoms with Crippen LogP contribution in [-0.4, -0.2) is 4.92 Å². The fourth-order valence-electron chi connectivity index (χ4n) is 1.85. The summed E-state index contributed by atoms with van der Waals surface area (Å²) in [4.78, 5) is 10.1. The Morgan fingerprint density at radius 2 is 2.05 bits per heavy atom. The van der Waals surface area contributed by atoms with Gasteiger partial charge >= 0.3 is 0 Å². The highest BCUT2D eigenvalue weighted by molar-refractivity contribution is 9.10. The molecule has 0 atom stereocenters. The van der Waals surface area contributed by atoms with Gasteiger partial charge in [-0.05, 0) is 31.2 Å². The molecule has 110 valence electrons. The van der Waals surface area contributed by atoms with Crippen LogP contribution in [0.15, 0.2) is 34.8 Å². The van der Waals surface area contributed by atoms with E-state index >= 15 is 0 Å². The summed E-state index contributed by atoms with van der Waals surface area (Å²) in [5.41, 5.74) is 6.35. The first-order valence-corrected chi connectivity index (χ1v) is 6.82. The average Bonchev–Trinajstić information content (AvgIpc) is 2.43. The molecule has 7 heteroatoms. The maximum absolute atomic E-state index is 13.9. The normalized spacial score (nSPS) is 10.5. The molecule has 0 bridgehead atoms. The van der Waals surface area contributed by atoms with Crippen molar-refractivity contribution in [1.82, 2.24) is 0 Å². The van der Waals surface area contributed by atoms with Crippen molar-refractivity contribution in [2.75, 3.05) is 0 Å². The second kappa shape index (κ2) is 6.19.